The number of hydrogen-bond acceptors (Lipinski definition) is 5. The van der Waals surface area contributed by atoms with E-state index in [9.17, 15) is 14.7 Å². The zero-order valence-electron chi connectivity index (χ0n) is 14.4. The van der Waals surface area contributed by atoms with Crippen LogP contribution >= 0.6 is 11.3 Å². The van der Waals surface area contributed by atoms with E-state index in [0.717, 1.165) is 23.4 Å². The third kappa shape index (κ3) is 3.30. The standard InChI is InChI=1S/C18H20N4O3S/c1-11(23)7-19-17(24)13-9-21-10-14(15-3-2-6-26-15)22(8-12-4-5-12)18(25)16(21)20-13/h2-3,6,9-12,23H,4-5,7-8H2,1H3,(H,19,24). The van der Waals surface area contributed by atoms with Gasteiger partial charge in [-0.25, -0.2) is 4.98 Å². The minimum absolute atomic E-state index is 0.138. The van der Waals surface area contributed by atoms with Gasteiger partial charge in [-0.05, 0) is 37.1 Å². The van der Waals surface area contributed by atoms with E-state index in [0.29, 0.717) is 12.5 Å². The number of aromatic nitrogens is 3. The highest BCUT2D eigenvalue weighted by Gasteiger charge is 2.25. The second kappa shape index (κ2) is 6.69. The molecule has 1 fully saturated rings. The van der Waals surface area contributed by atoms with Crippen molar-refractivity contribution >= 4 is 22.9 Å². The fourth-order valence-corrected chi connectivity index (χ4v) is 3.63. The molecule has 0 aliphatic heterocycles. The maximum Gasteiger partial charge on any atom is 0.294 e. The lowest BCUT2D eigenvalue weighted by molar-refractivity contribution is 0.0919. The molecule has 2 N–H and O–H groups in total. The Morgan fingerprint density at radius 3 is 2.92 bits per heavy atom. The Bertz CT molecular complexity index is 1000. The number of carbonyl (C=O) groups is 1. The molecule has 26 heavy (non-hydrogen) atoms. The molecule has 1 atom stereocenters. The first-order chi connectivity index (χ1) is 12.5. The topological polar surface area (TPSA) is 88.6 Å². The SMILES string of the molecule is CC(O)CNC(=O)c1cn2cc(-c3cccs3)n(CC3CC3)c(=O)c2n1. The maximum atomic E-state index is 13.0. The van der Waals surface area contributed by atoms with Crippen LogP contribution in [0.1, 0.15) is 30.3 Å². The zero-order chi connectivity index (χ0) is 18.3. The van der Waals surface area contributed by atoms with Crippen molar-refractivity contribution in [1.29, 1.82) is 0 Å². The quantitative estimate of drug-likeness (QED) is 0.690. The summed E-state index contributed by atoms with van der Waals surface area (Å²) < 4.78 is 3.40. The number of nitrogens with one attached hydrogen (secondary N) is 1. The van der Waals surface area contributed by atoms with Gasteiger partial charge in [-0.1, -0.05) is 6.07 Å². The monoisotopic (exact) mass is 372 g/mol. The lowest BCUT2D eigenvalue weighted by Gasteiger charge is -2.11. The van der Waals surface area contributed by atoms with Crippen LogP contribution in [0.2, 0.25) is 0 Å². The second-order valence-electron chi connectivity index (χ2n) is 6.77. The van der Waals surface area contributed by atoms with Crippen molar-refractivity contribution in [1.82, 2.24) is 19.3 Å². The summed E-state index contributed by atoms with van der Waals surface area (Å²) in [5.41, 5.74) is 1.08. The van der Waals surface area contributed by atoms with Gasteiger partial charge in [0.15, 0.2) is 0 Å². The van der Waals surface area contributed by atoms with Crippen LogP contribution in [0, 0.1) is 5.92 Å². The molecule has 1 saturated carbocycles. The van der Waals surface area contributed by atoms with Crippen LogP contribution in [0.25, 0.3) is 16.2 Å². The Morgan fingerprint density at radius 1 is 1.46 bits per heavy atom. The van der Waals surface area contributed by atoms with Gasteiger partial charge in [-0.15, -0.1) is 11.3 Å². The summed E-state index contributed by atoms with van der Waals surface area (Å²) in [5, 5.41) is 13.9. The smallest absolute Gasteiger partial charge is 0.294 e. The number of imidazole rings is 1. The average molecular weight is 372 g/mol. The number of fused-ring (bicyclic) bond motifs is 1. The summed E-state index contributed by atoms with van der Waals surface area (Å²) in [4.78, 5) is 30.5. The van der Waals surface area contributed by atoms with Gasteiger partial charge in [0.2, 0.25) is 5.65 Å². The highest BCUT2D eigenvalue weighted by molar-refractivity contribution is 7.13. The van der Waals surface area contributed by atoms with E-state index in [-0.39, 0.29) is 23.4 Å². The third-order valence-corrected chi connectivity index (χ3v) is 5.32. The molecule has 4 rings (SSSR count). The molecule has 0 bridgehead atoms. The molecule has 1 amide bonds. The number of amides is 1. The highest BCUT2D eigenvalue weighted by Crippen LogP contribution is 2.32. The van der Waals surface area contributed by atoms with E-state index >= 15 is 0 Å². The van der Waals surface area contributed by atoms with E-state index in [2.05, 4.69) is 10.3 Å². The van der Waals surface area contributed by atoms with Crippen molar-refractivity contribution in [2.45, 2.75) is 32.4 Å². The first-order valence-corrected chi connectivity index (χ1v) is 9.53. The maximum absolute atomic E-state index is 13.0. The van der Waals surface area contributed by atoms with Gasteiger partial charge in [-0.2, -0.15) is 0 Å². The minimum Gasteiger partial charge on any atom is -0.392 e. The van der Waals surface area contributed by atoms with Crippen LogP contribution in [0.3, 0.4) is 0 Å². The van der Waals surface area contributed by atoms with Crippen LogP contribution in [0.5, 0.6) is 0 Å². The Labute approximate surface area is 153 Å². The van der Waals surface area contributed by atoms with Crippen LogP contribution in [0.15, 0.2) is 34.7 Å². The molecule has 1 aliphatic rings. The summed E-state index contributed by atoms with van der Waals surface area (Å²) in [7, 11) is 0. The van der Waals surface area contributed by atoms with Crippen molar-refractivity contribution in [2.24, 2.45) is 5.92 Å². The van der Waals surface area contributed by atoms with Gasteiger partial charge in [0.05, 0.1) is 16.7 Å². The lowest BCUT2D eigenvalue weighted by atomic mass is 10.3. The van der Waals surface area contributed by atoms with E-state index in [1.54, 1.807) is 33.4 Å². The van der Waals surface area contributed by atoms with E-state index in [1.807, 2.05) is 23.7 Å². The molecule has 3 heterocycles. The Balaban J connectivity index is 1.78. The van der Waals surface area contributed by atoms with Gasteiger partial charge in [0, 0.05) is 25.5 Å². The Hall–Kier alpha value is -2.45. The van der Waals surface area contributed by atoms with Gasteiger partial charge in [0.25, 0.3) is 11.5 Å². The van der Waals surface area contributed by atoms with Crippen LogP contribution in [0.4, 0.5) is 0 Å². The summed E-state index contributed by atoms with van der Waals surface area (Å²) in [6.07, 6.45) is 5.07. The minimum atomic E-state index is -0.641. The van der Waals surface area contributed by atoms with Gasteiger partial charge in [0.1, 0.15) is 5.69 Å². The Morgan fingerprint density at radius 2 is 2.27 bits per heavy atom. The van der Waals surface area contributed by atoms with E-state index < -0.39 is 12.0 Å². The molecular formula is C18H20N4O3S. The largest absolute Gasteiger partial charge is 0.392 e. The van der Waals surface area contributed by atoms with Gasteiger partial charge < -0.3 is 15.0 Å². The first kappa shape index (κ1) is 17.0. The average Bonchev–Trinajstić information content (AvgIpc) is 3.10. The normalized spacial score (nSPS) is 15.3. The predicted octanol–water partition coefficient (Wildman–Crippen LogP) is 1.75. The van der Waals surface area contributed by atoms with Crippen molar-refractivity contribution in [3.63, 3.8) is 0 Å². The molecular weight excluding hydrogens is 352 g/mol. The van der Waals surface area contributed by atoms with Crippen molar-refractivity contribution in [3.8, 4) is 10.6 Å². The van der Waals surface area contributed by atoms with Gasteiger partial charge in [-0.3, -0.25) is 14.0 Å². The molecule has 136 valence electrons. The molecule has 0 radical (unpaired) electrons. The second-order valence-corrected chi connectivity index (χ2v) is 7.71. The van der Waals surface area contributed by atoms with Crippen LogP contribution in [-0.2, 0) is 6.54 Å². The molecule has 0 saturated heterocycles. The number of nitrogens with zero attached hydrogens (tertiary/aromatic N) is 3. The number of aliphatic hydroxyl groups is 1. The first-order valence-electron chi connectivity index (χ1n) is 8.65. The van der Waals surface area contributed by atoms with Crippen molar-refractivity contribution < 1.29 is 9.90 Å². The number of rotatable bonds is 6. The fraction of sp³-hybridized carbons (Fsp3) is 0.389. The zero-order valence-corrected chi connectivity index (χ0v) is 15.2. The van der Waals surface area contributed by atoms with Crippen LogP contribution in [-0.4, -0.2) is 37.6 Å². The molecule has 8 heteroatoms. The Kier molecular flexibility index (Phi) is 4.37. The predicted molar refractivity (Wildman–Crippen MR) is 99.5 cm³/mol. The lowest BCUT2D eigenvalue weighted by Crippen LogP contribution is -2.30. The van der Waals surface area contributed by atoms with Crippen molar-refractivity contribution in [3.05, 3.63) is 46.0 Å². The molecule has 1 unspecified atom stereocenters. The number of thiophene rings is 1. The summed E-state index contributed by atoms with van der Waals surface area (Å²) in [5.74, 6) is 0.137. The number of aliphatic hydroxyl groups excluding tert-OH is 1. The molecule has 0 aromatic carbocycles. The molecule has 1 aliphatic carbocycles. The van der Waals surface area contributed by atoms with Crippen molar-refractivity contribution in [2.75, 3.05) is 6.54 Å². The fourth-order valence-electron chi connectivity index (χ4n) is 2.88. The molecule has 3 aromatic rings. The summed E-state index contributed by atoms with van der Waals surface area (Å²) in [6, 6.07) is 3.95. The number of carbonyl (C=O) groups excluding carboxylic acids is 1. The number of hydrogen-bond donors (Lipinski definition) is 2. The highest BCUT2D eigenvalue weighted by atomic mass is 32.1. The van der Waals surface area contributed by atoms with E-state index in [4.69, 9.17) is 0 Å². The summed E-state index contributed by atoms with van der Waals surface area (Å²) >= 11 is 1.58. The van der Waals surface area contributed by atoms with E-state index in [1.165, 1.54) is 0 Å². The molecule has 7 nitrogen and oxygen atoms in total. The molecule has 3 aromatic heterocycles. The van der Waals surface area contributed by atoms with Crippen LogP contribution < -0.4 is 10.9 Å². The third-order valence-electron chi connectivity index (χ3n) is 4.42. The van der Waals surface area contributed by atoms with Gasteiger partial charge >= 0.3 is 0 Å². The summed E-state index contributed by atoms with van der Waals surface area (Å²) in [6.45, 7) is 2.41. The molecule has 0 spiro atoms.